The number of carboxylic acids is 1. The molecule has 0 radical (unpaired) electrons. The van der Waals surface area contributed by atoms with E-state index in [1.165, 1.54) is 24.3 Å². The number of pyridine rings is 1. The van der Waals surface area contributed by atoms with Crippen molar-refractivity contribution in [2.45, 2.75) is 44.9 Å². The molecular weight excluding hydrogens is 462 g/mol. The predicted molar refractivity (Wildman–Crippen MR) is 123 cm³/mol. The molecule has 3 aromatic rings. The lowest BCUT2D eigenvalue weighted by Gasteiger charge is -2.27. The predicted octanol–water partition coefficient (Wildman–Crippen LogP) is 6.63. The number of terminal acetylenes is 1. The number of carboxylic acid groups (broad SMARTS) is 1. The van der Waals surface area contributed by atoms with Crippen LogP contribution >= 0.6 is 0 Å². The summed E-state index contributed by atoms with van der Waals surface area (Å²) in [5, 5.41) is 8.84. The highest BCUT2D eigenvalue weighted by Crippen LogP contribution is 2.40. The number of benzene rings is 2. The number of nitrogens with zero attached hydrogens (tertiary/aromatic N) is 1. The van der Waals surface area contributed by atoms with Gasteiger partial charge in [-0.25, -0.2) is 4.39 Å². The first-order valence-corrected chi connectivity index (χ1v) is 10.8. The molecule has 2 aromatic carbocycles. The third-order valence-electron chi connectivity index (χ3n) is 5.43. The van der Waals surface area contributed by atoms with Gasteiger partial charge in [0.15, 0.2) is 5.69 Å². The average Bonchev–Trinajstić information content (AvgIpc) is 2.82. The Morgan fingerprint density at radius 2 is 1.97 bits per heavy atom. The van der Waals surface area contributed by atoms with Crippen LogP contribution in [0.5, 0.6) is 5.75 Å². The molecule has 1 aromatic heterocycles. The van der Waals surface area contributed by atoms with E-state index in [-0.39, 0.29) is 23.1 Å². The number of alkyl halides is 3. The van der Waals surface area contributed by atoms with Crippen LogP contribution in [0.1, 0.15) is 48.3 Å². The van der Waals surface area contributed by atoms with Gasteiger partial charge < -0.3 is 9.84 Å². The molecule has 0 amide bonds. The van der Waals surface area contributed by atoms with Crippen molar-refractivity contribution >= 4 is 5.97 Å². The zero-order valence-corrected chi connectivity index (χ0v) is 18.9. The van der Waals surface area contributed by atoms with Crippen LogP contribution in [-0.2, 0) is 23.8 Å². The quantitative estimate of drug-likeness (QED) is 0.326. The molecule has 1 N–H and O–H groups in total. The first-order valence-electron chi connectivity index (χ1n) is 10.8. The summed E-state index contributed by atoms with van der Waals surface area (Å²) in [6.07, 6.45) is 1.81. The highest BCUT2D eigenvalue weighted by atomic mass is 19.4. The molecule has 1 unspecified atom stereocenters. The largest absolute Gasteiger partial charge is 0.485 e. The second kappa shape index (κ2) is 11.0. The Labute approximate surface area is 200 Å². The van der Waals surface area contributed by atoms with Gasteiger partial charge in [0, 0.05) is 23.7 Å². The van der Waals surface area contributed by atoms with Gasteiger partial charge >= 0.3 is 12.1 Å². The number of halogens is 4. The van der Waals surface area contributed by atoms with Crippen molar-refractivity contribution in [2.75, 3.05) is 0 Å². The minimum Gasteiger partial charge on any atom is -0.485 e. The number of rotatable bonds is 5. The molecule has 35 heavy (non-hydrogen) atoms. The highest BCUT2D eigenvalue weighted by molar-refractivity contribution is 5.68. The SMILES string of the molecule is C#CC.O=C(O)CCc1ccc2c(c1)CCC(c1cc(-c3cccnc3C(F)(F)F)ccc1F)O2. The molecule has 182 valence electrons. The summed E-state index contributed by atoms with van der Waals surface area (Å²) in [7, 11) is 0. The molecule has 0 saturated heterocycles. The van der Waals surface area contributed by atoms with Gasteiger partial charge in [-0.1, -0.05) is 24.3 Å². The molecule has 0 spiro atoms. The molecule has 0 bridgehead atoms. The number of aromatic nitrogens is 1. The number of hydrogen-bond acceptors (Lipinski definition) is 3. The lowest BCUT2D eigenvalue weighted by Crippen LogP contribution is -2.17. The van der Waals surface area contributed by atoms with Crippen molar-refractivity contribution in [3.05, 3.63) is 82.9 Å². The Morgan fingerprint density at radius 3 is 2.66 bits per heavy atom. The van der Waals surface area contributed by atoms with E-state index in [9.17, 15) is 22.4 Å². The van der Waals surface area contributed by atoms with Crippen LogP contribution in [0.25, 0.3) is 11.1 Å². The minimum atomic E-state index is -4.64. The molecule has 0 aliphatic carbocycles. The van der Waals surface area contributed by atoms with Crippen LogP contribution in [0.15, 0.2) is 54.7 Å². The van der Waals surface area contributed by atoms with Gasteiger partial charge in [0.2, 0.25) is 0 Å². The summed E-state index contributed by atoms with van der Waals surface area (Å²) in [4.78, 5) is 14.2. The highest BCUT2D eigenvalue weighted by Gasteiger charge is 2.35. The van der Waals surface area contributed by atoms with Crippen LogP contribution in [-0.4, -0.2) is 16.1 Å². The number of hydrogen-bond donors (Lipinski definition) is 1. The first kappa shape index (κ1) is 25.8. The van der Waals surface area contributed by atoms with E-state index < -0.39 is 29.8 Å². The molecule has 2 heterocycles. The number of aliphatic carboxylic acids is 1. The van der Waals surface area contributed by atoms with Gasteiger partial charge in [-0.15, -0.1) is 12.3 Å². The Kier molecular flexibility index (Phi) is 8.13. The number of aryl methyl sites for hydroxylation is 2. The molecule has 4 rings (SSSR count). The molecule has 1 atom stereocenters. The van der Waals surface area contributed by atoms with E-state index in [0.29, 0.717) is 25.0 Å². The maximum Gasteiger partial charge on any atom is 0.433 e. The van der Waals surface area contributed by atoms with E-state index in [1.807, 2.05) is 6.07 Å². The van der Waals surface area contributed by atoms with Crippen LogP contribution in [0.2, 0.25) is 0 Å². The summed E-state index contributed by atoms with van der Waals surface area (Å²) in [5.74, 6) is 1.37. The summed E-state index contributed by atoms with van der Waals surface area (Å²) in [5.41, 5.74) is 1.01. The van der Waals surface area contributed by atoms with Gasteiger partial charge in [0.1, 0.15) is 17.7 Å². The van der Waals surface area contributed by atoms with Crippen LogP contribution in [0.4, 0.5) is 17.6 Å². The third-order valence-corrected chi connectivity index (χ3v) is 5.43. The Hall–Kier alpha value is -3.86. The Bertz CT molecular complexity index is 1250. The summed E-state index contributed by atoms with van der Waals surface area (Å²) < 4.78 is 60.7. The van der Waals surface area contributed by atoms with Gasteiger partial charge in [-0.05, 0) is 67.1 Å². The van der Waals surface area contributed by atoms with Crippen LogP contribution in [0.3, 0.4) is 0 Å². The lowest BCUT2D eigenvalue weighted by atomic mass is 9.93. The van der Waals surface area contributed by atoms with Crippen molar-refractivity contribution < 1.29 is 32.2 Å². The number of fused-ring (bicyclic) bond motifs is 1. The fourth-order valence-corrected chi connectivity index (χ4v) is 3.89. The molecule has 0 saturated carbocycles. The van der Waals surface area contributed by atoms with E-state index >= 15 is 0 Å². The maximum absolute atomic E-state index is 14.6. The fourth-order valence-electron chi connectivity index (χ4n) is 3.89. The maximum atomic E-state index is 14.6. The van der Waals surface area contributed by atoms with Gasteiger partial charge in [0.25, 0.3) is 0 Å². The fraction of sp³-hybridized carbons (Fsp3) is 0.259. The van der Waals surface area contributed by atoms with Gasteiger partial charge in [-0.2, -0.15) is 13.2 Å². The number of ether oxygens (including phenoxy) is 1. The zero-order valence-electron chi connectivity index (χ0n) is 18.9. The van der Waals surface area contributed by atoms with Crippen LogP contribution < -0.4 is 4.74 Å². The molecule has 1 aliphatic heterocycles. The van der Waals surface area contributed by atoms with Gasteiger partial charge in [0.05, 0.1) is 0 Å². The van der Waals surface area contributed by atoms with E-state index in [1.54, 1.807) is 19.1 Å². The normalized spacial score (nSPS) is 14.6. The first-order chi connectivity index (χ1) is 16.6. The standard InChI is InChI=1S/C24H19F4NO3.C3H4/c25-19-7-5-15(17-2-1-11-29-23(17)24(26,27)28)13-18(19)21-9-6-16-12-14(4-10-22(30)31)3-8-20(16)32-21;1-3-2/h1-3,5,7-8,11-13,21H,4,6,9-10H2,(H,30,31);1H,2H3. The Morgan fingerprint density at radius 1 is 1.23 bits per heavy atom. The van der Waals surface area contributed by atoms with Gasteiger partial charge in [-0.3, -0.25) is 9.78 Å². The third kappa shape index (κ3) is 6.38. The molecular formula is C27H23F4NO3. The second-order valence-electron chi connectivity index (χ2n) is 7.90. The average molecular weight is 485 g/mol. The minimum absolute atomic E-state index is 0.0224. The van der Waals surface area contributed by atoms with Crippen LogP contribution in [0, 0.1) is 18.2 Å². The van der Waals surface area contributed by atoms with E-state index in [4.69, 9.17) is 9.84 Å². The molecule has 0 fully saturated rings. The summed E-state index contributed by atoms with van der Waals surface area (Å²) in [6.45, 7) is 1.65. The van der Waals surface area contributed by atoms with Crippen molar-refractivity contribution in [3.63, 3.8) is 0 Å². The lowest BCUT2D eigenvalue weighted by molar-refractivity contribution is -0.140. The van der Waals surface area contributed by atoms with Crippen molar-refractivity contribution in [2.24, 2.45) is 0 Å². The Balaban J connectivity index is 0.00000108. The van der Waals surface area contributed by atoms with E-state index in [0.717, 1.165) is 23.4 Å². The zero-order chi connectivity index (χ0) is 25.6. The molecule has 1 aliphatic rings. The topological polar surface area (TPSA) is 59.4 Å². The van der Waals surface area contributed by atoms with Crippen molar-refractivity contribution in [1.29, 1.82) is 0 Å². The summed E-state index contributed by atoms with van der Waals surface area (Å²) >= 11 is 0. The smallest absolute Gasteiger partial charge is 0.433 e. The monoisotopic (exact) mass is 485 g/mol. The second-order valence-corrected chi connectivity index (χ2v) is 7.90. The van der Waals surface area contributed by atoms with E-state index in [2.05, 4.69) is 17.3 Å². The molecule has 4 nitrogen and oxygen atoms in total. The van der Waals surface area contributed by atoms with Crippen molar-refractivity contribution in [3.8, 4) is 29.2 Å². The summed E-state index contributed by atoms with van der Waals surface area (Å²) in [6, 6.07) is 11.9. The molecule has 8 heteroatoms. The number of carbonyl (C=O) groups is 1. The van der Waals surface area contributed by atoms with Crippen molar-refractivity contribution in [1.82, 2.24) is 4.98 Å².